The van der Waals surface area contributed by atoms with Crippen LogP contribution < -0.4 is 0 Å². The number of hydrogen-bond acceptors (Lipinski definition) is 3. The molecular weight excluding hydrogens is 226 g/mol. The molecule has 92 valence electrons. The third-order valence-corrected chi connectivity index (χ3v) is 3.78. The van der Waals surface area contributed by atoms with Crippen LogP contribution in [0.4, 0.5) is 0 Å². The number of likely N-dealkylation sites (tertiary alicyclic amines) is 1. The quantitative estimate of drug-likeness (QED) is 0.717. The van der Waals surface area contributed by atoms with E-state index in [9.17, 15) is 14.7 Å². The average Bonchev–Trinajstić information content (AvgIpc) is 2.59. The van der Waals surface area contributed by atoms with Crippen LogP contribution in [0.25, 0.3) is 0 Å². The summed E-state index contributed by atoms with van der Waals surface area (Å²) >= 11 is 4.17. The summed E-state index contributed by atoms with van der Waals surface area (Å²) in [5.41, 5.74) is 0. The largest absolute Gasteiger partial charge is 0.480 e. The van der Waals surface area contributed by atoms with Gasteiger partial charge in [-0.15, -0.1) is 0 Å². The van der Waals surface area contributed by atoms with Crippen LogP contribution in [0.1, 0.15) is 26.7 Å². The number of amides is 1. The van der Waals surface area contributed by atoms with Gasteiger partial charge in [0, 0.05) is 13.0 Å². The molecule has 1 heterocycles. The van der Waals surface area contributed by atoms with Crippen LogP contribution in [0.5, 0.6) is 0 Å². The van der Waals surface area contributed by atoms with Crippen molar-refractivity contribution >= 4 is 24.5 Å². The first-order chi connectivity index (χ1) is 7.51. The number of carboxylic acids is 1. The average molecular weight is 245 g/mol. The maximum Gasteiger partial charge on any atom is 0.326 e. The maximum absolute atomic E-state index is 11.7. The predicted molar refractivity (Wildman–Crippen MR) is 64.6 cm³/mol. The molecule has 1 unspecified atom stereocenters. The lowest BCUT2D eigenvalue weighted by Crippen LogP contribution is -2.46. The van der Waals surface area contributed by atoms with Gasteiger partial charge in [-0.2, -0.15) is 12.6 Å². The van der Waals surface area contributed by atoms with E-state index in [4.69, 9.17) is 0 Å². The summed E-state index contributed by atoms with van der Waals surface area (Å²) in [4.78, 5) is 24.5. The first-order valence-corrected chi connectivity index (χ1v) is 6.27. The van der Waals surface area contributed by atoms with Gasteiger partial charge >= 0.3 is 5.97 Å². The van der Waals surface area contributed by atoms with Gasteiger partial charge in [0.1, 0.15) is 6.04 Å². The van der Waals surface area contributed by atoms with Gasteiger partial charge in [-0.25, -0.2) is 4.79 Å². The fraction of sp³-hybridized carbons (Fsp3) is 0.818. The Bertz CT molecular complexity index is 282. The molecule has 0 aromatic rings. The summed E-state index contributed by atoms with van der Waals surface area (Å²) in [6.45, 7) is 4.35. The second-order valence-corrected chi connectivity index (χ2v) is 4.83. The normalized spacial score (nSPS) is 24.6. The monoisotopic (exact) mass is 245 g/mol. The van der Waals surface area contributed by atoms with Crippen LogP contribution in [-0.2, 0) is 9.59 Å². The Hall–Kier alpha value is -0.710. The van der Waals surface area contributed by atoms with Crippen molar-refractivity contribution in [2.75, 3.05) is 12.3 Å². The van der Waals surface area contributed by atoms with Gasteiger partial charge < -0.3 is 10.0 Å². The third-order valence-electron chi connectivity index (χ3n) is 3.27. The summed E-state index contributed by atoms with van der Waals surface area (Å²) in [6.07, 6.45) is 1.19. The van der Waals surface area contributed by atoms with Crippen LogP contribution >= 0.6 is 12.6 Å². The van der Waals surface area contributed by atoms with E-state index in [1.54, 1.807) is 0 Å². The van der Waals surface area contributed by atoms with Crippen LogP contribution in [0.3, 0.4) is 0 Å². The lowest BCUT2D eigenvalue weighted by Gasteiger charge is -2.29. The van der Waals surface area contributed by atoms with Gasteiger partial charge in [-0.1, -0.05) is 20.3 Å². The molecule has 0 aliphatic carbocycles. The standard InChI is InChI=1S/C11H19NO3S/c1-3-7(2)10(11(14)15)12-5-8(6-16)4-9(12)13/h7-8,10,16H,3-6H2,1-2H3,(H,14,15)/t7-,8?,10+/m0/s1. The molecule has 1 saturated heterocycles. The van der Waals surface area contributed by atoms with Gasteiger partial charge in [0.2, 0.25) is 5.91 Å². The second kappa shape index (κ2) is 5.57. The SMILES string of the molecule is CC[C@H](C)[C@H](C(=O)O)N1CC(CS)CC1=O. The number of aliphatic carboxylic acids is 1. The van der Waals surface area contributed by atoms with Crippen LogP contribution in [0, 0.1) is 11.8 Å². The van der Waals surface area contributed by atoms with Crippen molar-refractivity contribution < 1.29 is 14.7 Å². The molecule has 5 heteroatoms. The third kappa shape index (κ3) is 2.70. The van der Waals surface area contributed by atoms with Gasteiger partial charge in [0.25, 0.3) is 0 Å². The van der Waals surface area contributed by atoms with Crippen molar-refractivity contribution in [2.24, 2.45) is 11.8 Å². The summed E-state index contributed by atoms with van der Waals surface area (Å²) in [7, 11) is 0. The van der Waals surface area contributed by atoms with E-state index in [0.29, 0.717) is 18.7 Å². The van der Waals surface area contributed by atoms with Crippen LogP contribution in [0.2, 0.25) is 0 Å². The second-order valence-electron chi connectivity index (χ2n) is 4.47. The first-order valence-electron chi connectivity index (χ1n) is 5.64. The van der Waals surface area contributed by atoms with Crippen molar-refractivity contribution in [1.82, 2.24) is 4.90 Å². The minimum absolute atomic E-state index is 0.0138. The summed E-state index contributed by atoms with van der Waals surface area (Å²) in [5, 5.41) is 9.20. The maximum atomic E-state index is 11.7. The van der Waals surface area contributed by atoms with Crippen molar-refractivity contribution in [3.8, 4) is 0 Å². The van der Waals surface area contributed by atoms with Gasteiger partial charge in [-0.3, -0.25) is 4.79 Å². The number of thiol groups is 1. The van der Waals surface area contributed by atoms with Crippen molar-refractivity contribution in [1.29, 1.82) is 0 Å². The Morgan fingerprint density at radius 2 is 2.31 bits per heavy atom. The van der Waals surface area contributed by atoms with Crippen molar-refractivity contribution in [3.63, 3.8) is 0 Å². The number of hydrogen-bond donors (Lipinski definition) is 2. The number of carboxylic acid groups (broad SMARTS) is 1. The number of carbonyl (C=O) groups excluding carboxylic acids is 1. The Morgan fingerprint density at radius 1 is 1.69 bits per heavy atom. The van der Waals surface area contributed by atoms with E-state index in [1.807, 2.05) is 13.8 Å². The Kier molecular flexibility index (Phi) is 4.65. The summed E-state index contributed by atoms with van der Waals surface area (Å²) in [5.74, 6) is -0.133. The van der Waals surface area contributed by atoms with Crippen LogP contribution in [0.15, 0.2) is 0 Å². The van der Waals surface area contributed by atoms with Gasteiger partial charge in [-0.05, 0) is 17.6 Å². The molecule has 0 bridgehead atoms. The molecule has 0 aromatic heterocycles. The molecule has 3 atom stereocenters. The van der Waals surface area contributed by atoms with E-state index in [0.717, 1.165) is 6.42 Å². The molecule has 0 aromatic carbocycles. The minimum atomic E-state index is -0.900. The number of carbonyl (C=O) groups is 2. The van der Waals surface area contributed by atoms with E-state index >= 15 is 0 Å². The molecule has 1 N–H and O–H groups in total. The molecule has 1 amide bonds. The predicted octanol–water partition coefficient (Wildman–Crippen LogP) is 1.26. The molecule has 1 fully saturated rings. The lowest BCUT2D eigenvalue weighted by atomic mass is 9.98. The molecule has 0 radical (unpaired) electrons. The molecule has 0 spiro atoms. The molecule has 4 nitrogen and oxygen atoms in total. The number of rotatable bonds is 5. The zero-order valence-electron chi connectivity index (χ0n) is 9.72. The molecular formula is C11H19NO3S. The fourth-order valence-electron chi connectivity index (χ4n) is 2.11. The zero-order valence-corrected chi connectivity index (χ0v) is 10.6. The molecule has 1 aliphatic rings. The van der Waals surface area contributed by atoms with E-state index in [-0.39, 0.29) is 17.7 Å². The highest BCUT2D eigenvalue weighted by atomic mass is 32.1. The van der Waals surface area contributed by atoms with E-state index in [2.05, 4.69) is 12.6 Å². The number of nitrogens with zero attached hydrogens (tertiary/aromatic N) is 1. The Balaban J connectivity index is 2.80. The summed E-state index contributed by atoms with van der Waals surface area (Å²) in [6, 6.07) is -0.678. The first kappa shape index (κ1) is 13.4. The topological polar surface area (TPSA) is 57.6 Å². The highest BCUT2D eigenvalue weighted by Crippen LogP contribution is 2.25. The van der Waals surface area contributed by atoms with Crippen LogP contribution in [-0.4, -0.2) is 40.2 Å². The smallest absolute Gasteiger partial charge is 0.326 e. The fourth-order valence-corrected chi connectivity index (χ4v) is 2.35. The summed E-state index contributed by atoms with van der Waals surface area (Å²) < 4.78 is 0. The molecule has 0 saturated carbocycles. The van der Waals surface area contributed by atoms with Gasteiger partial charge in [0.05, 0.1) is 0 Å². The minimum Gasteiger partial charge on any atom is -0.480 e. The highest BCUT2D eigenvalue weighted by Gasteiger charge is 2.39. The Labute approximate surface area is 101 Å². The Morgan fingerprint density at radius 3 is 2.69 bits per heavy atom. The molecule has 1 aliphatic heterocycles. The van der Waals surface area contributed by atoms with E-state index in [1.165, 1.54) is 4.90 Å². The van der Waals surface area contributed by atoms with Crippen molar-refractivity contribution in [3.05, 3.63) is 0 Å². The highest BCUT2D eigenvalue weighted by molar-refractivity contribution is 7.80. The molecule has 16 heavy (non-hydrogen) atoms. The van der Waals surface area contributed by atoms with E-state index < -0.39 is 12.0 Å². The van der Waals surface area contributed by atoms with Gasteiger partial charge in [0.15, 0.2) is 0 Å². The lowest BCUT2D eigenvalue weighted by molar-refractivity contribution is -0.150. The molecule has 1 rings (SSSR count). The van der Waals surface area contributed by atoms with Crippen molar-refractivity contribution in [2.45, 2.75) is 32.7 Å². The zero-order chi connectivity index (χ0) is 12.3.